The molecule has 0 saturated carbocycles. The van der Waals surface area contributed by atoms with Crippen molar-refractivity contribution in [2.75, 3.05) is 13.2 Å². The molecule has 0 aliphatic carbocycles. The number of ether oxygens (including phenoxy) is 2. The molecule has 1 aromatic carbocycles. The van der Waals surface area contributed by atoms with Crippen LogP contribution in [0.1, 0.15) is 32.3 Å². The first-order valence-electron chi connectivity index (χ1n) is 6.89. The van der Waals surface area contributed by atoms with Crippen molar-refractivity contribution in [2.24, 2.45) is 0 Å². The molecule has 0 saturated heterocycles. The van der Waals surface area contributed by atoms with Crippen molar-refractivity contribution in [3.8, 4) is 5.75 Å². The van der Waals surface area contributed by atoms with E-state index in [1.54, 1.807) is 26.0 Å². The number of esters is 1. The molecule has 5 nitrogen and oxygen atoms in total. The lowest BCUT2D eigenvalue weighted by atomic mass is 10.1. The van der Waals surface area contributed by atoms with Crippen molar-refractivity contribution in [3.05, 3.63) is 29.8 Å². The predicted molar refractivity (Wildman–Crippen MR) is 77.2 cm³/mol. The third-order valence-corrected chi connectivity index (χ3v) is 2.74. The highest BCUT2D eigenvalue weighted by molar-refractivity contribution is 5.96. The fourth-order valence-electron chi connectivity index (χ4n) is 1.66. The maximum atomic E-state index is 11.5. The van der Waals surface area contributed by atoms with E-state index in [-0.39, 0.29) is 31.2 Å². The Morgan fingerprint density at radius 1 is 1.10 bits per heavy atom. The largest absolute Gasteiger partial charge is 0.486 e. The number of carbonyl (C=O) groups excluding carboxylic acids is 3. The van der Waals surface area contributed by atoms with Crippen LogP contribution in [0.25, 0.3) is 0 Å². The summed E-state index contributed by atoms with van der Waals surface area (Å²) < 4.78 is 9.99. The third-order valence-electron chi connectivity index (χ3n) is 2.74. The molecule has 1 rings (SSSR count). The number of Topliss-reactive ketones (excluding diaryl/α,β-unsaturated/α-hetero) is 2. The van der Waals surface area contributed by atoms with Gasteiger partial charge in [-0.15, -0.1) is 0 Å². The summed E-state index contributed by atoms with van der Waals surface area (Å²) in [6, 6.07) is 7.20. The van der Waals surface area contributed by atoms with Gasteiger partial charge in [0.15, 0.2) is 5.78 Å². The summed E-state index contributed by atoms with van der Waals surface area (Å²) >= 11 is 0. The normalized spacial score (nSPS) is 10.0. The van der Waals surface area contributed by atoms with Crippen LogP contribution in [-0.4, -0.2) is 30.7 Å². The minimum atomic E-state index is -0.536. The monoisotopic (exact) mass is 292 g/mol. The third kappa shape index (κ3) is 7.25. The highest BCUT2D eigenvalue weighted by Gasteiger charge is 2.10. The molecule has 0 radical (unpaired) electrons. The zero-order chi connectivity index (χ0) is 15.7. The number of aryl methyl sites for hydroxylation is 1. The Bertz CT molecular complexity index is 490. The van der Waals surface area contributed by atoms with Gasteiger partial charge < -0.3 is 14.3 Å². The minimum absolute atomic E-state index is 0.153. The van der Waals surface area contributed by atoms with E-state index in [9.17, 15) is 14.4 Å². The fraction of sp³-hybridized carbons (Fsp3) is 0.438. The molecule has 0 fully saturated rings. The highest BCUT2D eigenvalue weighted by atomic mass is 16.5. The molecule has 0 aliphatic rings. The Kier molecular flexibility index (Phi) is 7.15. The smallest absolute Gasteiger partial charge is 0.313 e. The van der Waals surface area contributed by atoms with Gasteiger partial charge in [-0.1, -0.05) is 12.1 Å². The van der Waals surface area contributed by atoms with Crippen molar-refractivity contribution in [2.45, 2.75) is 33.1 Å². The first-order valence-corrected chi connectivity index (χ1v) is 6.89. The summed E-state index contributed by atoms with van der Waals surface area (Å²) in [6.07, 6.45) is 0.931. The van der Waals surface area contributed by atoms with Crippen LogP contribution in [0.15, 0.2) is 24.3 Å². The Morgan fingerprint density at radius 3 is 2.33 bits per heavy atom. The second-order valence-electron chi connectivity index (χ2n) is 4.66. The summed E-state index contributed by atoms with van der Waals surface area (Å²) in [5.41, 5.74) is 1.04. The van der Waals surface area contributed by atoms with Crippen LogP contribution in [0.4, 0.5) is 0 Å². The molecule has 1 aromatic rings. The van der Waals surface area contributed by atoms with Gasteiger partial charge >= 0.3 is 5.97 Å². The van der Waals surface area contributed by atoms with Gasteiger partial charge in [-0.3, -0.25) is 9.59 Å². The summed E-state index contributed by atoms with van der Waals surface area (Å²) in [4.78, 5) is 33.5. The van der Waals surface area contributed by atoms with Gasteiger partial charge in [0.2, 0.25) is 0 Å². The molecule has 0 bridgehead atoms. The average molecular weight is 292 g/mol. The van der Waals surface area contributed by atoms with E-state index in [2.05, 4.69) is 4.74 Å². The molecule has 0 aromatic heterocycles. The molecule has 0 aliphatic heterocycles. The van der Waals surface area contributed by atoms with E-state index in [4.69, 9.17) is 4.74 Å². The highest BCUT2D eigenvalue weighted by Crippen LogP contribution is 2.13. The summed E-state index contributed by atoms with van der Waals surface area (Å²) in [6.45, 7) is 3.35. The zero-order valence-corrected chi connectivity index (χ0v) is 12.4. The van der Waals surface area contributed by atoms with Gasteiger partial charge in [-0.25, -0.2) is 0 Å². The number of ketones is 2. The van der Waals surface area contributed by atoms with Gasteiger partial charge in [0.05, 0.1) is 6.61 Å². The van der Waals surface area contributed by atoms with Crippen molar-refractivity contribution < 1.29 is 23.9 Å². The first-order chi connectivity index (χ1) is 10.0. The van der Waals surface area contributed by atoms with Crippen LogP contribution >= 0.6 is 0 Å². The first kappa shape index (κ1) is 16.9. The average Bonchev–Trinajstić information content (AvgIpc) is 2.44. The number of carbonyl (C=O) groups is 3. The van der Waals surface area contributed by atoms with Crippen LogP contribution in [0.3, 0.4) is 0 Å². The maximum Gasteiger partial charge on any atom is 0.313 e. The standard InChI is InChI=1S/C16H20O5/c1-3-20-16(19)10-14(18)11-21-15-8-6-13(7-9-15)5-4-12(2)17/h6-9H,3-5,10-11H2,1-2H3. The van der Waals surface area contributed by atoms with Crippen molar-refractivity contribution >= 4 is 17.5 Å². The molecule has 0 N–H and O–H groups in total. The van der Waals surface area contributed by atoms with Gasteiger partial charge in [-0.05, 0) is 38.0 Å². The summed E-state index contributed by atoms with van der Waals surface area (Å²) in [7, 11) is 0. The summed E-state index contributed by atoms with van der Waals surface area (Å²) in [5, 5.41) is 0. The SMILES string of the molecule is CCOC(=O)CC(=O)COc1ccc(CCC(C)=O)cc1. The molecule has 0 heterocycles. The molecule has 114 valence electrons. The van der Waals surface area contributed by atoms with Crippen LogP contribution in [0.2, 0.25) is 0 Å². The van der Waals surface area contributed by atoms with E-state index in [0.717, 1.165) is 5.56 Å². The fourth-order valence-corrected chi connectivity index (χ4v) is 1.66. The Hall–Kier alpha value is -2.17. The van der Waals surface area contributed by atoms with Gasteiger partial charge in [0.25, 0.3) is 0 Å². The number of benzene rings is 1. The molecule has 0 amide bonds. The molecule has 0 unspecified atom stereocenters. The lowest BCUT2D eigenvalue weighted by Crippen LogP contribution is -2.17. The van der Waals surface area contributed by atoms with E-state index in [0.29, 0.717) is 18.6 Å². The minimum Gasteiger partial charge on any atom is -0.486 e. The van der Waals surface area contributed by atoms with E-state index in [1.165, 1.54) is 0 Å². The second-order valence-corrected chi connectivity index (χ2v) is 4.66. The van der Waals surface area contributed by atoms with Gasteiger partial charge in [0.1, 0.15) is 24.6 Å². The zero-order valence-electron chi connectivity index (χ0n) is 12.4. The molecular weight excluding hydrogens is 272 g/mol. The number of hydrogen-bond donors (Lipinski definition) is 0. The Balaban J connectivity index is 2.36. The van der Waals surface area contributed by atoms with Crippen LogP contribution in [0, 0.1) is 0 Å². The van der Waals surface area contributed by atoms with Crippen molar-refractivity contribution in [3.63, 3.8) is 0 Å². The van der Waals surface area contributed by atoms with Crippen LogP contribution in [0.5, 0.6) is 5.75 Å². The maximum absolute atomic E-state index is 11.5. The van der Waals surface area contributed by atoms with Crippen molar-refractivity contribution in [1.82, 2.24) is 0 Å². The van der Waals surface area contributed by atoms with Gasteiger partial charge in [0, 0.05) is 6.42 Å². The van der Waals surface area contributed by atoms with Crippen LogP contribution in [-0.2, 0) is 25.5 Å². The summed E-state index contributed by atoms with van der Waals surface area (Å²) in [5.74, 6) is -0.154. The topological polar surface area (TPSA) is 69.7 Å². The van der Waals surface area contributed by atoms with Crippen molar-refractivity contribution in [1.29, 1.82) is 0 Å². The van der Waals surface area contributed by atoms with Gasteiger partial charge in [-0.2, -0.15) is 0 Å². The lowest BCUT2D eigenvalue weighted by Gasteiger charge is -2.06. The van der Waals surface area contributed by atoms with Crippen LogP contribution < -0.4 is 4.74 Å². The quantitative estimate of drug-likeness (QED) is 0.515. The number of hydrogen-bond acceptors (Lipinski definition) is 5. The van der Waals surface area contributed by atoms with E-state index >= 15 is 0 Å². The Morgan fingerprint density at radius 2 is 1.76 bits per heavy atom. The molecule has 21 heavy (non-hydrogen) atoms. The molecule has 0 atom stereocenters. The predicted octanol–water partition coefficient (Wildman–Crippen LogP) is 2.11. The second kappa shape index (κ2) is 8.89. The Labute approximate surface area is 124 Å². The van der Waals surface area contributed by atoms with E-state index < -0.39 is 5.97 Å². The lowest BCUT2D eigenvalue weighted by molar-refractivity contribution is -0.146. The number of rotatable bonds is 9. The molecule has 5 heteroatoms. The van der Waals surface area contributed by atoms with E-state index in [1.807, 2.05) is 12.1 Å². The molecule has 0 spiro atoms. The molecular formula is C16H20O5.